The number of imidazole rings is 1. The Morgan fingerprint density at radius 2 is 1.85 bits per heavy atom. The van der Waals surface area contributed by atoms with Crippen molar-refractivity contribution in [2.75, 3.05) is 25.6 Å². The molecule has 0 fully saturated rings. The first kappa shape index (κ1) is 29.7. The average Bonchev–Trinajstić information content (AvgIpc) is 3.57. The van der Waals surface area contributed by atoms with Crippen LogP contribution in [0, 0.1) is 0 Å². The van der Waals surface area contributed by atoms with Crippen LogP contribution in [0.25, 0.3) is 11.3 Å². The Morgan fingerprint density at radius 1 is 1.12 bits per heavy atom. The second kappa shape index (κ2) is 13.9. The van der Waals surface area contributed by atoms with Crippen LogP contribution in [0.5, 0.6) is 11.6 Å². The normalized spacial score (nSPS) is 12.6. The third kappa shape index (κ3) is 7.28. The fourth-order valence-corrected chi connectivity index (χ4v) is 4.83. The van der Waals surface area contributed by atoms with Crippen LogP contribution in [0.4, 0.5) is 5.13 Å². The molecule has 0 spiro atoms. The molecule has 2 heterocycles. The van der Waals surface area contributed by atoms with Gasteiger partial charge in [-0.2, -0.15) is 0 Å². The Labute approximate surface area is 240 Å². The van der Waals surface area contributed by atoms with Gasteiger partial charge in [0.15, 0.2) is 10.9 Å². The van der Waals surface area contributed by atoms with Gasteiger partial charge in [0.2, 0.25) is 5.88 Å². The molecule has 41 heavy (non-hydrogen) atoms. The highest BCUT2D eigenvalue weighted by Gasteiger charge is 2.34. The smallest absolute Gasteiger partial charge is 0.329 e. The van der Waals surface area contributed by atoms with Crippen molar-refractivity contribution in [3.63, 3.8) is 0 Å². The summed E-state index contributed by atoms with van der Waals surface area (Å²) in [5.41, 5.74) is 1.07. The van der Waals surface area contributed by atoms with Crippen molar-refractivity contribution in [1.82, 2.24) is 14.5 Å². The molecule has 0 aliphatic rings. The number of carbonyl (C=O) groups is 2. The third-order valence-electron chi connectivity index (χ3n) is 6.29. The van der Waals surface area contributed by atoms with Crippen molar-refractivity contribution in [3.8, 4) is 22.9 Å². The van der Waals surface area contributed by atoms with Crippen molar-refractivity contribution in [1.29, 1.82) is 0 Å². The van der Waals surface area contributed by atoms with Gasteiger partial charge in [0.25, 0.3) is 5.91 Å². The summed E-state index contributed by atoms with van der Waals surface area (Å²) in [5.74, 6) is -0.631. The molecular formula is C29H32N4O7S. The zero-order chi connectivity index (χ0) is 29.4. The van der Waals surface area contributed by atoms with Gasteiger partial charge in [0, 0.05) is 24.5 Å². The number of hydrogen-bond donors (Lipinski definition) is 3. The number of benzene rings is 2. The van der Waals surface area contributed by atoms with E-state index >= 15 is 0 Å². The monoisotopic (exact) mass is 580 g/mol. The number of ketones is 1. The number of hydrogen-bond acceptors (Lipinski definition) is 9. The Bertz CT molecular complexity index is 1510. The third-order valence-corrected chi connectivity index (χ3v) is 7.05. The molecule has 0 aliphatic heterocycles. The van der Waals surface area contributed by atoms with Crippen molar-refractivity contribution >= 4 is 28.2 Å². The first-order chi connectivity index (χ1) is 19.8. The predicted octanol–water partition coefficient (Wildman–Crippen LogP) is 4.41. The van der Waals surface area contributed by atoms with E-state index in [4.69, 9.17) is 14.2 Å². The summed E-state index contributed by atoms with van der Waals surface area (Å²) in [6, 6.07) is 14.9. The second-order valence-corrected chi connectivity index (χ2v) is 9.97. The van der Waals surface area contributed by atoms with E-state index in [9.17, 15) is 19.5 Å². The Morgan fingerprint density at radius 3 is 2.54 bits per heavy atom. The maximum Gasteiger partial charge on any atom is 0.329 e. The summed E-state index contributed by atoms with van der Waals surface area (Å²) in [4.78, 5) is 45.7. The molecule has 4 aromatic rings. The molecule has 216 valence electrons. The number of aromatic nitrogens is 3. The molecule has 3 N–H and O–H groups in total. The maximum absolute atomic E-state index is 13.6. The van der Waals surface area contributed by atoms with Crippen LogP contribution in [0.1, 0.15) is 42.4 Å². The van der Waals surface area contributed by atoms with E-state index in [1.807, 2.05) is 30.3 Å². The van der Waals surface area contributed by atoms with Gasteiger partial charge in [0.05, 0.1) is 19.3 Å². The zero-order valence-electron chi connectivity index (χ0n) is 23.0. The van der Waals surface area contributed by atoms with Gasteiger partial charge in [-0.05, 0) is 36.8 Å². The lowest BCUT2D eigenvalue weighted by molar-refractivity contribution is -0.124. The lowest BCUT2D eigenvalue weighted by Crippen LogP contribution is -2.39. The average molecular weight is 581 g/mol. The van der Waals surface area contributed by atoms with Crippen molar-refractivity contribution in [2.45, 2.75) is 39.0 Å². The summed E-state index contributed by atoms with van der Waals surface area (Å²) in [6.45, 7) is 4.35. The van der Waals surface area contributed by atoms with Gasteiger partial charge in [-0.15, -0.1) is 11.3 Å². The SMILES string of the molecule is CCC(=O)c1csc(NC(=O)[C@H]([C@@H](C)OCc2ccccc2)n2c(O)c(-c3ccc(OCCOC)cc3)[nH]c2=O)n1. The van der Waals surface area contributed by atoms with Crippen molar-refractivity contribution in [2.24, 2.45) is 0 Å². The van der Waals surface area contributed by atoms with Crippen LogP contribution in [-0.4, -0.2) is 57.8 Å². The van der Waals surface area contributed by atoms with Gasteiger partial charge < -0.3 is 29.6 Å². The molecule has 0 unspecified atom stereocenters. The molecule has 1 amide bonds. The molecule has 0 radical (unpaired) electrons. The molecule has 2 atom stereocenters. The zero-order valence-corrected chi connectivity index (χ0v) is 23.8. The van der Waals surface area contributed by atoms with Crippen LogP contribution >= 0.6 is 11.3 Å². The molecule has 4 rings (SSSR count). The number of anilines is 1. The van der Waals surface area contributed by atoms with E-state index in [1.54, 1.807) is 50.6 Å². The molecule has 12 heteroatoms. The highest BCUT2D eigenvalue weighted by Crippen LogP contribution is 2.32. The van der Waals surface area contributed by atoms with E-state index in [0.29, 0.717) is 24.5 Å². The molecule has 11 nitrogen and oxygen atoms in total. The van der Waals surface area contributed by atoms with E-state index < -0.39 is 29.6 Å². The number of rotatable bonds is 14. The lowest BCUT2D eigenvalue weighted by atomic mass is 10.1. The number of thiazole rings is 1. The molecule has 2 aromatic carbocycles. The van der Waals surface area contributed by atoms with Crippen LogP contribution in [0.3, 0.4) is 0 Å². The van der Waals surface area contributed by atoms with E-state index in [0.717, 1.165) is 21.5 Å². The number of nitrogens with zero attached hydrogens (tertiary/aromatic N) is 2. The molecule has 0 aliphatic carbocycles. The Balaban J connectivity index is 1.63. The fourth-order valence-electron chi connectivity index (χ4n) is 4.11. The fraction of sp³-hybridized carbons (Fsp3) is 0.310. The molecule has 0 saturated heterocycles. The number of carbonyl (C=O) groups excluding carboxylic acids is 2. The van der Waals surface area contributed by atoms with E-state index in [-0.39, 0.29) is 35.3 Å². The van der Waals surface area contributed by atoms with Gasteiger partial charge in [-0.25, -0.2) is 14.3 Å². The number of aromatic amines is 1. The molecule has 2 aromatic heterocycles. The number of nitrogens with one attached hydrogen (secondary N) is 2. The maximum atomic E-state index is 13.6. The molecule has 0 saturated carbocycles. The minimum absolute atomic E-state index is 0.136. The van der Waals surface area contributed by atoms with E-state index in [2.05, 4.69) is 15.3 Å². The van der Waals surface area contributed by atoms with Crippen LogP contribution in [-0.2, 0) is 20.9 Å². The number of aromatic hydroxyl groups is 1. The minimum Gasteiger partial charge on any atom is -0.493 e. The highest BCUT2D eigenvalue weighted by atomic mass is 32.1. The summed E-state index contributed by atoms with van der Waals surface area (Å²) >= 11 is 1.09. The van der Waals surface area contributed by atoms with Crippen LogP contribution in [0.2, 0.25) is 0 Å². The second-order valence-electron chi connectivity index (χ2n) is 9.11. The first-order valence-corrected chi connectivity index (χ1v) is 13.9. The number of amides is 1. The standard InChI is InChI=1S/C29H32N4O7S/c1-4-23(34)22-17-41-28(30-22)32-26(35)25(18(2)40-16-19-8-6-5-7-9-19)33-27(36)24(31-29(33)37)20-10-12-21(13-11-20)39-15-14-38-3/h5-13,17-18,25,36H,4,14-16H2,1-3H3,(H,31,37)(H,30,32,35)/t18-,25+/m1/s1. The van der Waals surface area contributed by atoms with E-state index in [1.165, 1.54) is 0 Å². The largest absolute Gasteiger partial charge is 0.493 e. The van der Waals surface area contributed by atoms with Crippen molar-refractivity contribution < 1.29 is 28.9 Å². The number of methoxy groups -OCH3 is 1. The summed E-state index contributed by atoms with van der Waals surface area (Å²) < 4.78 is 17.5. The predicted molar refractivity (Wildman–Crippen MR) is 155 cm³/mol. The summed E-state index contributed by atoms with van der Waals surface area (Å²) in [7, 11) is 1.58. The molecule has 0 bridgehead atoms. The topological polar surface area (TPSA) is 145 Å². The quantitative estimate of drug-likeness (QED) is 0.147. The number of Topliss-reactive ketones (excluding diaryl/α,β-unsaturated/α-hetero) is 1. The summed E-state index contributed by atoms with van der Waals surface area (Å²) in [5, 5.41) is 15.7. The van der Waals surface area contributed by atoms with Gasteiger partial charge in [0.1, 0.15) is 29.8 Å². The first-order valence-electron chi connectivity index (χ1n) is 13.0. The highest BCUT2D eigenvalue weighted by molar-refractivity contribution is 7.14. The van der Waals surface area contributed by atoms with Crippen LogP contribution < -0.4 is 15.7 Å². The lowest BCUT2D eigenvalue weighted by Gasteiger charge is -2.24. The minimum atomic E-state index is -1.28. The Kier molecular flexibility index (Phi) is 10.1. The van der Waals surface area contributed by atoms with Gasteiger partial charge in [-0.3, -0.25) is 9.59 Å². The van der Waals surface area contributed by atoms with Crippen molar-refractivity contribution in [3.05, 3.63) is 81.7 Å². The van der Waals surface area contributed by atoms with Crippen LogP contribution in [0.15, 0.2) is 64.8 Å². The number of ether oxygens (including phenoxy) is 3. The Hall–Kier alpha value is -4.26. The summed E-state index contributed by atoms with van der Waals surface area (Å²) in [6.07, 6.45) is -0.574. The number of H-pyrrole nitrogens is 1. The molecular weight excluding hydrogens is 548 g/mol. The van der Waals surface area contributed by atoms with Gasteiger partial charge >= 0.3 is 5.69 Å². The van der Waals surface area contributed by atoms with Gasteiger partial charge in [-0.1, -0.05) is 37.3 Å².